The van der Waals surface area contributed by atoms with Gasteiger partial charge in [-0.05, 0) is 43.2 Å². The van der Waals surface area contributed by atoms with E-state index in [1.54, 1.807) is 18.5 Å². The van der Waals surface area contributed by atoms with Crippen LogP contribution >= 0.6 is 0 Å². The van der Waals surface area contributed by atoms with Crippen LogP contribution in [0.1, 0.15) is 35.5 Å². The molecule has 1 N–H and O–H groups in total. The standard InChI is InChI=1S/C20H18N4O3.C2H6/c1-12-4-3-5-21-19(12)20(25)24-18-11-22-15(10-23-18)14-9-17-16(8-13(14)2)26-6-7-27-17;1-2/h3-5,8-11H,6-7H2,1-2H3,(H,23,24,25);1-2H3. The molecule has 3 heterocycles. The number of ether oxygens (including phenoxy) is 2. The number of anilines is 1. The average Bonchev–Trinajstić information content (AvgIpc) is 2.75. The summed E-state index contributed by atoms with van der Waals surface area (Å²) in [6, 6.07) is 7.46. The number of hydrogen-bond acceptors (Lipinski definition) is 6. The molecule has 150 valence electrons. The zero-order valence-electron chi connectivity index (χ0n) is 17.0. The lowest BCUT2D eigenvalue weighted by Gasteiger charge is -2.20. The minimum Gasteiger partial charge on any atom is -0.486 e. The van der Waals surface area contributed by atoms with E-state index in [9.17, 15) is 4.79 Å². The third kappa shape index (κ3) is 4.51. The Morgan fingerprint density at radius 1 is 0.966 bits per heavy atom. The maximum atomic E-state index is 12.3. The first-order valence-corrected chi connectivity index (χ1v) is 9.57. The first-order valence-electron chi connectivity index (χ1n) is 9.57. The molecule has 0 saturated heterocycles. The van der Waals surface area contributed by atoms with Crippen molar-refractivity contribution in [1.82, 2.24) is 15.0 Å². The fraction of sp³-hybridized carbons (Fsp3) is 0.273. The normalized spacial score (nSPS) is 11.9. The molecule has 0 unspecified atom stereocenters. The molecule has 1 aromatic carbocycles. The van der Waals surface area contributed by atoms with Crippen molar-refractivity contribution < 1.29 is 14.3 Å². The van der Waals surface area contributed by atoms with Gasteiger partial charge in [0.1, 0.15) is 18.9 Å². The van der Waals surface area contributed by atoms with Gasteiger partial charge in [-0.25, -0.2) is 4.98 Å². The van der Waals surface area contributed by atoms with E-state index in [4.69, 9.17) is 9.47 Å². The zero-order chi connectivity index (χ0) is 20.8. The van der Waals surface area contributed by atoms with Crippen molar-refractivity contribution in [3.63, 3.8) is 0 Å². The fourth-order valence-electron chi connectivity index (χ4n) is 2.90. The Kier molecular flexibility index (Phi) is 6.39. The number of rotatable bonds is 3. The second-order valence-electron chi connectivity index (χ2n) is 6.22. The molecule has 3 aromatic rings. The van der Waals surface area contributed by atoms with Gasteiger partial charge in [-0.2, -0.15) is 0 Å². The second kappa shape index (κ2) is 9.14. The molecule has 0 radical (unpaired) electrons. The lowest BCUT2D eigenvalue weighted by atomic mass is 10.0. The summed E-state index contributed by atoms with van der Waals surface area (Å²) in [5.74, 6) is 1.49. The van der Waals surface area contributed by atoms with Crippen LogP contribution in [0.5, 0.6) is 11.5 Å². The predicted octanol–water partition coefficient (Wildman–Crippen LogP) is 4.21. The summed E-state index contributed by atoms with van der Waals surface area (Å²) in [4.78, 5) is 25.2. The summed E-state index contributed by atoms with van der Waals surface area (Å²) in [6.07, 6.45) is 4.74. The molecule has 0 spiro atoms. The van der Waals surface area contributed by atoms with E-state index in [-0.39, 0.29) is 5.91 Å². The van der Waals surface area contributed by atoms with Crippen molar-refractivity contribution in [1.29, 1.82) is 0 Å². The van der Waals surface area contributed by atoms with E-state index >= 15 is 0 Å². The van der Waals surface area contributed by atoms with Crippen LogP contribution in [-0.2, 0) is 0 Å². The van der Waals surface area contributed by atoms with Crippen molar-refractivity contribution in [2.45, 2.75) is 27.7 Å². The van der Waals surface area contributed by atoms with E-state index in [0.29, 0.717) is 36.2 Å². The number of pyridine rings is 1. The molecule has 7 heteroatoms. The summed E-state index contributed by atoms with van der Waals surface area (Å²) < 4.78 is 11.2. The highest BCUT2D eigenvalue weighted by Crippen LogP contribution is 2.36. The van der Waals surface area contributed by atoms with E-state index in [1.807, 2.05) is 45.9 Å². The predicted molar refractivity (Wildman–Crippen MR) is 111 cm³/mol. The molecule has 0 saturated carbocycles. The van der Waals surface area contributed by atoms with Gasteiger partial charge in [0.05, 0.1) is 18.1 Å². The third-order valence-electron chi connectivity index (χ3n) is 4.28. The summed E-state index contributed by atoms with van der Waals surface area (Å²) in [6.45, 7) is 8.89. The molecule has 1 aliphatic rings. The number of hydrogen-bond donors (Lipinski definition) is 1. The van der Waals surface area contributed by atoms with Gasteiger partial charge in [-0.1, -0.05) is 19.9 Å². The SMILES string of the molecule is CC.Cc1cc2c(cc1-c1cnc(NC(=O)c3ncccc3C)cn1)OCCO2. The topological polar surface area (TPSA) is 86.2 Å². The smallest absolute Gasteiger partial charge is 0.275 e. The van der Waals surface area contributed by atoms with Gasteiger partial charge < -0.3 is 14.8 Å². The number of nitrogens with one attached hydrogen (secondary N) is 1. The lowest BCUT2D eigenvalue weighted by molar-refractivity contribution is 0.102. The molecule has 7 nitrogen and oxygen atoms in total. The van der Waals surface area contributed by atoms with Crippen molar-refractivity contribution >= 4 is 11.7 Å². The second-order valence-corrected chi connectivity index (χ2v) is 6.22. The van der Waals surface area contributed by atoms with Gasteiger partial charge in [0.2, 0.25) is 0 Å². The number of fused-ring (bicyclic) bond motifs is 1. The monoisotopic (exact) mass is 392 g/mol. The maximum Gasteiger partial charge on any atom is 0.275 e. The summed E-state index contributed by atoms with van der Waals surface area (Å²) in [5, 5.41) is 2.72. The Hall–Kier alpha value is -3.48. The van der Waals surface area contributed by atoms with Crippen LogP contribution in [-0.4, -0.2) is 34.1 Å². The molecule has 1 aliphatic heterocycles. The van der Waals surface area contributed by atoms with E-state index in [0.717, 1.165) is 22.4 Å². The molecular formula is C22H24N4O3. The molecule has 0 atom stereocenters. The van der Waals surface area contributed by atoms with Crippen LogP contribution < -0.4 is 14.8 Å². The van der Waals surface area contributed by atoms with Crippen molar-refractivity contribution in [3.8, 4) is 22.8 Å². The van der Waals surface area contributed by atoms with Crippen LogP contribution in [0, 0.1) is 13.8 Å². The molecule has 2 aromatic heterocycles. The number of amides is 1. The number of aryl methyl sites for hydroxylation is 2. The molecule has 0 fully saturated rings. The first-order chi connectivity index (χ1) is 14.1. The fourth-order valence-corrected chi connectivity index (χ4v) is 2.90. The molecule has 0 bridgehead atoms. The molecule has 4 rings (SSSR count). The number of benzene rings is 1. The number of aromatic nitrogens is 3. The van der Waals surface area contributed by atoms with Gasteiger partial charge in [0.25, 0.3) is 5.91 Å². The highest BCUT2D eigenvalue weighted by Gasteiger charge is 2.16. The van der Waals surface area contributed by atoms with Crippen molar-refractivity contribution in [2.75, 3.05) is 18.5 Å². The average molecular weight is 392 g/mol. The zero-order valence-corrected chi connectivity index (χ0v) is 17.0. The Morgan fingerprint density at radius 3 is 2.34 bits per heavy atom. The van der Waals surface area contributed by atoms with Crippen molar-refractivity contribution in [3.05, 3.63) is 59.7 Å². The summed E-state index contributed by atoms with van der Waals surface area (Å²) in [5.41, 5.74) is 3.77. The Bertz CT molecular complexity index is 1000. The Labute approximate surface area is 170 Å². The van der Waals surface area contributed by atoms with Gasteiger partial charge in [-0.3, -0.25) is 14.8 Å². The highest BCUT2D eigenvalue weighted by molar-refractivity contribution is 6.03. The quantitative estimate of drug-likeness (QED) is 0.719. The molecule has 1 amide bonds. The van der Waals surface area contributed by atoms with Crippen molar-refractivity contribution in [2.24, 2.45) is 0 Å². The minimum absolute atomic E-state index is 0.314. The first kappa shape index (κ1) is 20.3. The van der Waals surface area contributed by atoms with E-state index in [2.05, 4.69) is 20.3 Å². The summed E-state index contributed by atoms with van der Waals surface area (Å²) >= 11 is 0. The van der Waals surface area contributed by atoms with Crippen LogP contribution in [0.2, 0.25) is 0 Å². The van der Waals surface area contributed by atoms with Crippen LogP contribution in [0.3, 0.4) is 0 Å². The summed E-state index contributed by atoms with van der Waals surface area (Å²) in [7, 11) is 0. The van der Waals surface area contributed by atoms with Gasteiger partial charge in [0.15, 0.2) is 17.3 Å². The van der Waals surface area contributed by atoms with Crippen LogP contribution in [0.25, 0.3) is 11.3 Å². The van der Waals surface area contributed by atoms with Gasteiger partial charge >= 0.3 is 0 Å². The van der Waals surface area contributed by atoms with Crippen LogP contribution in [0.15, 0.2) is 42.9 Å². The molecule has 0 aliphatic carbocycles. The number of nitrogens with zero attached hydrogens (tertiary/aromatic N) is 3. The highest BCUT2D eigenvalue weighted by atomic mass is 16.6. The lowest BCUT2D eigenvalue weighted by Crippen LogP contribution is -2.16. The number of carbonyl (C=O) groups excluding carboxylic acids is 1. The Balaban J connectivity index is 0.00000117. The third-order valence-corrected chi connectivity index (χ3v) is 4.28. The van der Waals surface area contributed by atoms with E-state index < -0.39 is 0 Å². The molecule has 29 heavy (non-hydrogen) atoms. The maximum absolute atomic E-state index is 12.3. The van der Waals surface area contributed by atoms with Crippen LogP contribution in [0.4, 0.5) is 5.82 Å². The number of carbonyl (C=O) groups is 1. The minimum atomic E-state index is -0.314. The van der Waals surface area contributed by atoms with Gasteiger partial charge in [-0.15, -0.1) is 0 Å². The molecular weight excluding hydrogens is 368 g/mol. The largest absolute Gasteiger partial charge is 0.486 e. The van der Waals surface area contributed by atoms with Gasteiger partial charge in [0, 0.05) is 11.8 Å². The van der Waals surface area contributed by atoms with E-state index in [1.165, 1.54) is 6.20 Å². The Morgan fingerprint density at radius 2 is 1.69 bits per heavy atom.